The number of rotatable bonds is 8. The van der Waals surface area contributed by atoms with Crippen molar-refractivity contribution in [3.8, 4) is 11.3 Å². The molecule has 0 atom stereocenters. The molecule has 2 aromatic carbocycles. The van der Waals surface area contributed by atoms with Gasteiger partial charge in [-0.2, -0.15) is 13.1 Å². The van der Waals surface area contributed by atoms with Gasteiger partial charge < -0.3 is 10.7 Å². The maximum atomic E-state index is 14.4. The lowest BCUT2D eigenvalue weighted by molar-refractivity contribution is -0.116. The van der Waals surface area contributed by atoms with E-state index in [1.807, 2.05) is 4.72 Å². The van der Waals surface area contributed by atoms with Crippen LogP contribution >= 0.6 is 0 Å². The summed E-state index contributed by atoms with van der Waals surface area (Å²) in [5, 5.41) is 0.411. The van der Waals surface area contributed by atoms with Gasteiger partial charge in [0.25, 0.3) is 10.2 Å². The summed E-state index contributed by atoms with van der Waals surface area (Å²) in [6.45, 7) is -0.363. The highest BCUT2D eigenvalue weighted by Gasteiger charge is 2.35. The summed E-state index contributed by atoms with van der Waals surface area (Å²) in [6, 6.07) is 7.77. The van der Waals surface area contributed by atoms with Gasteiger partial charge in [0.2, 0.25) is 5.91 Å². The van der Waals surface area contributed by atoms with Gasteiger partial charge in [0.15, 0.2) is 0 Å². The summed E-state index contributed by atoms with van der Waals surface area (Å²) in [5.74, 6) is -2.72. The molecule has 0 unspecified atom stereocenters. The number of primary amides is 1. The number of carbonyl (C=O) groups excluding carboxylic acids is 1. The standard InChI is InChI=1S/C21H21F3N4O3S/c22-14-3-1-12(2-4-14)20-19(16-7-15(23)8-17(24)21(16)28-20)13-5-11(6-13)9-26-32(30,31)27-10-18(25)29/h1-4,7-8,11,13,26-28H,5-6,9-10H2,(H2,25,29). The normalized spacial score (nSPS) is 18.6. The third-order valence-corrected chi connectivity index (χ3v) is 6.71. The Morgan fingerprint density at radius 1 is 1.06 bits per heavy atom. The van der Waals surface area contributed by atoms with E-state index in [2.05, 4.69) is 9.71 Å². The molecule has 0 spiro atoms. The van der Waals surface area contributed by atoms with Crippen LogP contribution < -0.4 is 15.2 Å². The summed E-state index contributed by atoms with van der Waals surface area (Å²) in [5.41, 5.74) is 7.03. The maximum Gasteiger partial charge on any atom is 0.277 e. The Labute approximate surface area is 182 Å². The zero-order valence-electron chi connectivity index (χ0n) is 16.8. The van der Waals surface area contributed by atoms with Crippen LogP contribution in [-0.4, -0.2) is 32.4 Å². The number of halogens is 3. The van der Waals surface area contributed by atoms with Crippen LogP contribution in [0.2, 0.25) is 0 Å². The lowest BCUT2D eigenvalue weighted by Crippen LogP contribution is -2.44. The first-order chi connectivity index (χ1) is 15.1. The Bertz CT molecular complexity index is 1270. The van der Waals surface area contributed by atoms with Gasteiger partial charge in [0.1, 0.15) is 17.5 Å². The fraction of sp³-hybridized carbons (Fsp3) is 0.286. The summed E-state index contributed by atoms with van der Waals surface area (Å²) in [7, 11) is -3.86. The molecule has 32 heavy (non-hydrogen) atoms. The molecule has 1 saturated carbocycles. The second kappa shape index (κ2) is 8.57. The number of hydrogen-bond donors (Lipinski definition) is 4. The lowest BCUT2D eigenvalue weighted by Gasteiger charge is -2.36. The number of aromatic nitrogens is 1. The molecule has 3 aromatic rings. The smallest absolute Gasteiger partial charge is 0.277 e. The second-order valence-corrected chi connectivity index (χ2v) is 9.49. The van der Waals surface area contributed by atoms with E-state index in [0.29, 0.717) is 29.5 Å². The molecule has 170 valence electrons. The summed E-state index contributed by atoms with van der Waals surface area (Å²) in [6.07, 6.45) is 1.16. The summed E-state index contributed by atoms with van der Waals surface area (Å²) >= 11 is 0. The van der Waals surface area contributed by atoms with Crippen molar-refractivity contribution in [3.05, 3.63) is 59.4 Å². The Balaban J connectivity index is 1.56. The van der Waals surface area contributed by atoms with Gasteiger partial charge in [0, 0.05) is 18.0 Å². The quantitative estimate of drug-likeness (QED) is 0.409. The first-order valence-corrected chi connectivity index (χ1v) is 11.4. The number of carbonyl (C=O) groups is 1. The molecule has 0 saturated heterocycles. The molecule has 4 rings (SSSR count). The molecule has 5 N–H and O–H groups in total. The van der Waals surface area contributed by atoms with Crippen LogP contribution in [0.1, 0.15) is 24.3 Å². The topological polar surface area (TPSA) is 117 Å². The predicted molar refractivity (Wildman–Crippen MR) is 113 cm³/mol. The van der Waals surface area contributed by atoms with Gasteiger partial charge in [-0.25, -0.2) is 17.9 Å². The lowest BCUT2D eigenvalue weighted by atomic mass is 9.70. The summed E-state index contributed by atoms with van der Waals surface area (Å²) in [4.78, 5) is 13.8. The molecule has 1 heterocycles. The molecule has 1 amide bonds. The Kier molecular flexibility index (Phi) is 5.97. The largest absolute Gasteiger partial charge is 0.369 e. The minimum Gasteiger partial charge on any atom is -0.369 e. The molecule has 0 radical (unpaired) electrons. The van der Waals surface area contributed by atoms with Crippen LogP contribution in [0.3, 0.4) is 0 Å². The monoisotopic (exact) mass is 466 g/mol. The van der Waals surface area contributed by atoms with Crippen molar-refractivity contribution >= 4 is 27.0 Å². The van der Waals surface area contributed by atoms with E-state index in [1.54, 1.807) is 12.1 Å². The van der Waals surface area contributed by atoms with Crippen LogP contribution in [0.5, 0.6) is 0 Å². The van der Waals surface area contributed by atoms with E-state index in [9.17, 15) is 26.4 Å². The average molecular weight is 466 g/mol. The van der Waals surface area contributed by atoms with Gasteiger partial charge >= 0.3 is 0 Å². The third kappa shape index (κ3) is 4.64. The minimum absolute atomic E-state index is 0.00502. The first-order valence-electron chi connectivity index (χ1n) is 9.92. The van der Waals surface area contributed by atoms with E-state index in [1.165, 1.54) is 18.2 Å². The molecule has 0 bridgehead atoms. The molecule has 11 heteroatoms. The number of H-pyrrole nitrogens is 1. The number of nitrogens with one attached hydrogen (secondary N) is 3. The van der Waals surface area contributed by atoms with Crippen LogP contribution in [0.25, 0.3) is 22.2 Å². The molecular weight excluding hydrogens is 445 g/mol. The highest BCUT2D eigenvalue weighted by atomic mass is 32.2. The van der Waals surface area contributed by atoms with Crippen molar-refractivity contribution in [2.45, 2.75) is 18.8 Å². The summed E-state index contributed by atoms with van der Waals surface area (Å²) < 4.78 is 69.9. The molecule has 1 fully saturated rings. The van der Waals surface area contributed by atoms with Crippen LogP contribution in [0, 0.1) is 23.4 Å². The Morgan fingerprint density at radius 2 is 1.75 bits per heavy atom. The second-order valence-electron chi connectivity index (χ2n) is 7.90. The number of fused-ring (bicyclic) bond motifs is 1. The number of amides is 1. The van der Waals surface area contributed by atoms with E-state index >= 15 is 0 Å². The SMILES string of the molecule is NC(=O)CNS(=O)(=O)NCC1CC(c2c(-c3ccc(F)cc3)[nH]c3c(F)cc(F)cc23)C1. The Morgan fingerprint density at radius 3 is 2.41 bits per heavy atom. The van der Waals surface area contributed by atoms with Gasteiger partial charge in [-0.05, 0) is 66.1 Å². The van der Waals surface area contributed by atoms with E-state index < -0.39 is 40.1 Å². The van der Waals surface area contributed by atoms with Gasteiger partial charge in [-0.15, -0.1) is 0 Å². The van der Waals surface area contributed by atoms with Crippen LogP contribution in [0.15, 0.2) is 36.4 Å². The molecule has 1 aliphatic carbocycles. The first kappa shape index (κ1) is 22.3. The number of benzene rings is 2. The number of nitrogens with two attached hydrogens (primary N) is 1. The van der Waals surface area contributed by atoms with E-state index in [0.717, 1.165) is 11.6 Å². The van der Waals surface area contributed by atoms with Crippen molar-refractivity contribution in [1.82, 2.24) is 14.4 Å². The highest BCUT2D eigenvalue weighted by molar-refractivity contribution is 7.87. The van der Waals surface area contributed by atoms with E-state index in [4.69, 9.17) is 5.73 Å². The Hall–Kier alpha value is -2.89. The number of hydrogen-bond acceptors (Lipinski definition) is 3. The van der Waals surface area contributed by atoms with E-state index in [-0.39, 0.29) is 23.9 Å². The maximum absolute atomic E-state index is 14.4. The fourth-order valence-electron chi connectivity index (χ4n) is 4.09. The van der Waals surface area contributed by atoms with Gasteiger partial charge in [-0.3, -0.25) is 4.79 Å². The zero-order chi connectivity index (χ0) is 23.0. The van der Waals surface area contributed by atoms with Crippen molar-refractivity contribution in [2.75, 3.05) is 13.1 Å². The van der Waals surface area contributed by atoms with Crippen LogP contribution in [0.4, 0.5) is 13.2 Å². The molecule has 0 aliphatic heterocycles. The molecule has 1 aliphatic rings. The fourth-order valence-corrected chi connectivity index (χ4v) is 4.98. The number of aromatic amines is 1. The molecular formula is C21H21F3N4O3S. The molecule has 1 aromatic heterocycles. The van der Waals surface area contributed by atoms with Crippen molar-refractivity contribution in [1.29, 1.82) is 0 Å². The molecule has 7 nitrogen and oxygen atoms in total. The minimum atomic E-state index is -3.86. The van der Waals surface area contributed by atoms with Crippen LogP contribution in [-0.2, 0) is 15.0 Å². The van der Waals surface area contributed by atoms with Gasteiger partial charge in [-0.1, -0.05) is 0 Å². The zero-order valence-corrected chi connectivity index (χ0v) is 17.6. The predicted octanol–water partition coefficient (Wildman–Crippen LogP) is 2.66. The highest BCUT2D eigenvalue weighted by Crippen LogP contribution is 2.48. The van der Waals surface area contributed by atoms with Crippen molar-refractivity contribution in [3.63, 3.8) is 0 Å². The average Bonchev–Trinajstić information content (AvgIpc) is 3.05. The van der Waals surface area contributed by atoms with Gasteiger partial charge in [0.05, 0.1) is 17.8 Å². The van der Waals surface area contributed by atoms with Crippen molar-refractivity contribution in [2.24, 2.45) is 11.7 Å². The third-order valence-electron chi connectivity index (χ3n) is 5.64. The van der Waals surface area contributed by atoms with Crippen molar-refractivity contribution < 1.29 is 26.4 Å².